The van der Waals surface area contributed by atoms with Gasteiger partial charge < -0.3 is 10.6 Å². The van der Waals surface area contributed by atoms with Gasteiger partial charge in [-0.15, -0.1) is 23.7 Å². The van der Waals surface area contributed by atoms with Crippen LogP contribution in [0.2, 0.25) is 0 Å². The minimum absolute atomic E-state index is 0. The van der Waals surface area contributed by atoms with Crippen LogP contribution in [0.4, 0.5) is 0 Å². The van der Waals surface area contributed by atoms with Crippen LogP contribution in [0.1, 0.15) is 54.5 Å². The van der Waals surface area contributed by atoms with Crippen LogP contribution >= 0.6 is 23.7 Å². The molecule has 0 saturated heterocycles. The van der Waals surface area contributed by atoms with E-state index >= 15 is 0 Å². The van der Waals surface area contributed by atoms with Gasteiger partial charge in [0.05, 0.1) is 10.7 Å². The van der Waals surface area contributed by atoms with Crippen molar-refractivity contribution in [3.8, 4) is 0 Å². The van der Waals surface area contributed by atoms with E-state index in [0.29, 0.717) is 6.54 Å². The van der Waals surface area contributed by atoms with E-state index in [9.17, 15) is 4.79 Å². The Bertz CT molecular complexity index is 427. The topological polar surface area (TPSA) is 54.0 Å². The maximum atomic E-state index is 12.1. The number of nitrogens with zero attached hydrogens (tertiary/aromatic N) is 1. The second-order valence-corrected chi connectivity index (χ2v) is 6.69. The maximum Gasteiger partial charge on any atom is 0.263 e. The average Bonchev–Trinajstić information content (AvgIpc) is 2.70. The zero-order chi connectivity index (χ0) is 14.5. The van der Waals surface area contributed by atoms with Crippen molar-refractivity contribution in [2.24, 2.45) is 0 Å². The van der Waals surface area contributed by atoms with Gasteiger partial charge in [0.25, 0.3) is 5.91 Å². The fourth-order valence-corrected chi connectivity index (χ4v) is 2.61. The van der Waals surface area contributed by atoms with Gasteiger partial charge >= 0.3 is 0 Å². The minimum Gasteiger partial charge on any atom is -0.350 e. The largest absolute Gasteiger partial charge is 0.350 e. The molecule has 1 heterocycles. The summed E-state index contributed by atoms with van der Waals surface area (Å²) in [4.78, 5) is 17.3. The third-order valence-corrected chi connectivity index (χ3v) is 4.24. The predicted octanol–water partition coefficient (Wildman–Crippen LogP) is 2.90. The fourth-order valence-electron chi connectivity index (χ4n) is 1.57. The Kier molecular flexibility index (Phi) is 8.32. The van der Waals surface area contributed by atoms with Gasteiger partial charge in [0.15, 0.2) is 0 Å². The zero-order valence-electron chi connectivity index (χ0n) is 13.0. The lowest BCUT2D eigenvalue weighted by atomic mass is 9.98. The molecule has 4 nitrogen and oxygen atoms in total. The predicted molar refractivity (Wildman–Crippen MR) is 88.3 cm³/mol. The van der Waals surface area contributed by atoms with E-state index in [1.165, 1.54) is 11.3 Å². The standard InChI is InChI=1S/C14H25N3OS.ClH/c1-6-7-15-8-9-16-12(18)11-10(2)17-13(19-11)14(3,4)5;/h15H,6-9H2,1-5H3,(H,16,18);1H. The van der Waals surface area contributed by atoms with Crippen LogP contribution < -0.4 is 10.6 Å². The van der Waals surface area contributed by atoms with Gasteiger partial charge in [-0.25, -0.2) is 4.98 Å². The van der Waals surface area contributed by atoms with Crippen LogP contribution in [-0.4, -0.2) is 30.5 Å². The summed E-state index contributed by atoms with van der Waals surface area (Å²) in [5.74, 6) is -0.0104. The van der Waals surface area contributed by atoms with Crippen LogP contribution in [-0.2, 0) is 5.41 Å². The lowest BCUT2D eigenvalue weighted by Gasteiger charge is -2.13. The zero-order valence-corrected chi connectivity index (χ0v) is 14.6. The molecule has 6 heteroatoms. The Balaban J connectivity index is 0.00000361. The summed E-state index contributed by atoms with van der Waals surface area (Å²) >= 11 is 1.50. The van der Waals surface area contributed by atoms with E-state index in [1.807, 2.05) is 6.92 Å². The number of amides is 1. The molecule has 20 heavy (non-hydrogen) atoms. The summed E-state index contributed by atoms with van der Waals surface area (Å²) in [6.07, 6.45) is 1.11. The van der Waals surface area contributed by atoms with Crippen LogP contribution in [0.5, 0.6) is 0 Å². The molecule has 0 bridgehead atoms. The van der Waals surface area contributed by atoms with Crippen molar-refractivity contribution in [1.29, 1.82) is 0 Å². The highest BCUT2D eigenvalue weighted by Crippen LogP contribution is 2.28. The molecule has 0 unspecified atom stereocenters. The van der Waals surface area contributed by atoms with Gasteiger partial charge in [-0.2, -0.15) is 0 Å². The summed E-state index contributed by atoms with van der Waals surface area (Å²) in [6.45, 7) is 12.8. The number of hydrogen-bond donors (Lipinski definition) is 2. The van der Waals surface area contributed by atoms with E-state index in [-0.39, 0.29) is 23.7 Å². The number of rotatable bonds is 6. The van der Waals surface area contributed by atoms with Crippen LogP contribution in [0.15, 0.2) is 0 Å². The maximum absolute atomic E-state index is 12.1. The fraction of sp³-hybridized carbons (Fsp3) is 0.714. The van der Waals surface area contributed by atoms with Crippen molar-refractivity contribution in [3.63, 3.8) is 0 Å². The van der Waals surface area contributed by atoms with Gasteiger partial charge in [-0.05, 0) is 19.9 Å². The Morgan fingerprint density at radius 3 is 2.40 bits per heavy atom. The van der Waals surface area contributed by atoms with Gasteiger partial charge in [-0.3, -0.25) is 4.79 Å². The highest BCUT2D eigenvalue weighted by molar-refractivity contribution is 7.14. The van der Waals surface area contributed by atoms with Crippen molar-refractivity contribution < 1.29 is 4.79 Å². The number of carbonyl (C=O) groups is 1. The molecule has 2 N–H and O–H groups in total. The third kappa shape index (κ3) is 5.77. The van der Waals surface area contributed by atoms with E-state index in [0.717, 1.165) is 35.1 Å². The Hall–Kier alpha value is -0.650. The number of nitrogens with one attached hydrogen (secondary N) is 2. The highest BCUT2D eigenvalue weighted by Gasteiger charge is 2.22. The first kappa shape index (κ1) is 19.4. The summed E-state index contributed by atoms with van der Waals surface area (Å²) in [7, 11) is 0. The molecular weight excluding hydrogens is 294 g/mol. The van der Waals surface area contributed by atoms with Crippen LogP contribution in [0.3, 0.4) is 0 Å². The molecule has 0 fully saturated rings. The molecule has 0 aliphatic rings. The van der Waals surface area contributed by atoms with Gasteiger partial charge in [0, 0.05) is 18.5 Å². The first-order chi connectivity index (χ1) is 8.86. The molecular formula is C14H26ClN3OS. The molecule has 1 amide bonds. The molecule has 0 radical (unpaired) electrons. The summed E-state index contributed by atoms with van der Waals surface area (Å²) < 4.78 is 0. The van der Waals surface area contributed by atoms with Crippen LogP contribution in [0.25, 0.3) is 0 Å². The summed E-state index contributed by atoms with van der Waals surface area (Å²) in [5.41, 5.74) is 0.824. The molecule has 0 spiro atoms. The molecule has 1 aromatic heterocycles. The quantitative estimate of drug-likeness (QED) is 0.793. The molecule has 0 atom stereocenters. The van der Waals surface area contributed by atoms with Crippen molar-refractivity contribution in [2.75, 3.05) is 19.6 Å². The average molecular weight is 320 g/mol. The number of hydrogen-bond acceptors (Lipinski definition) is 4. The highest BCUT2D eigenvalue weighted by atomic mass is 35.5. The van der Waals surface area contributed by atoms with Gasteiger partial charge in [0.2, 0.25) is 0 Å². The first-order valence-electron chi connectivity index (χ1n) is 6.83. The number of thiazole rings is 1. The molecule has 1 aromatic rings. The Labute approximate surface area is 132 Å². The molecule has 0 aromatic carbocycles. The number of halogens is 1. The minimum atomic E-state index is -0.0104. The van der Waals surface area contributed by atoms with Crippen molar-refractivity contribution in [2.45, 2.75) is 46.5 Å². The SMILES string of the molecule is CCCNCCNC(=O)c1sc(C(C)(C)C)nc1C.Cl. The molecule has 0 aliphatic heterocycles. The number of aryl methyl sites for hydroxylation is 1. The molecule has 0 saturated carbocycles. The van der Waals surface area contributed by atoms with Crippen LogP contribution in [0, 0.1) is 6.92 Å². The van der Waals surface area contributed by atoms with Crippen molar-refractivity contribution in [3.05, 3.63) is 15.6 Å². The second-order valence-electron chi connectivity index (χ2n) is 5.69. The molecule has 0 aliphatic carbocycles. The lowest BCUT2D eigenvalue weighted by molar-refractivity contribution is 0.0957. The van der Waals surface area contributed by atoms with Gasteiger partial charge in [0.1, 0.15) is 4.88 Å². The third-order valence-electron chi connectivity index (χ3n) is 2.66. The molecule has 116 valence electrons. The Morgan fingerprint density at radius 1 is 1.25 bits per heavy atom. The first-order valence-corrected chi connectivity index (χ1v) is 7.64. The molecule has 1 rings (SSSR count). The van der Waals surface area contributed by atoms with Crippen molar-refractivity contribution in [1.82, 2.24) is 15.6 Å². The smallest absolute Gasteiger partial charge is 0.263 e. The van der Waals surface area contributed by atoms with E-state index < -0.39 is 0 Å². The summed E-state index contributed by atoms with van der Waals surface area (Å²) in [5, 5.41) is 7.20. The van der Waals surface area contributed by atoms with Gasteiger partial charge in [-0.1, -0.05) is 27.7 Å². The monoisotopic (exact) mass is 319 g/mol. The number of carbonyl (C=O) groups excluding carboxylic acids is 1. The Morgan fingerprint density at radius 2 is 1.90 bits per heavy atom. The van der Waals surface area contributed by atoms with E-state index in [4.69, 9.17) is 0 Å². The van der Waals surface area contributed by atoms with Crippen molar-refractivity contribution >= 4 is 29.7 Å². The normalized spacial score (nSPS) is 11.1. The number of aromatic nitrogens is 1. The van der Waals surface area contributed by atoms with E-state index in [2.05, 4.69) is 43.3 Å². The van der Waals surface area contributed by atoms with E-state index in [1.54, 1.807) is 0 Å². The second kappa shape index (κ2) is 8.60. The summed E-state index contributed by atoms with van der Waals surface area (Å²) in [6, 6.07) is 0. The lowest BCUT2D eigenvalue weighted by Crippen LogP contribution is -2.32.